The highest BCUT2D eigenvalue weighted by Gasteiger charge is 2.12. The van der Waals surface area contributed by atoms with Crippen LogP contribution in [0.4, 0.5) is 4.39 Å². The molecule has 0 spiro atoms. The molecule has 4 aromatic rings. The molecule has 0 saturated heterocycles. The van der Waals surface area contributed by atoms with Crippen molar-refractivity contribution < 1.29 is 9.13 Å². The number of aromatic nitrogens is 3. The maximum absolute atomic E-state index is 13.3. The van der Waals surface area contributed by atoms with Gasteiger partial charge in [-0.2, -0.15) is 0 Å². The summed E-state index contributed by atoms with van der Waals surface area (Å²) in [6, 6.07) is 11.4. The van der Waals surface area contributed by atoms with Gasteiger partial charge in [0.25, 0.3) is 5.56 Å². The molecule has 23 heavy (non-hydrogen) atoms. The number of nitrogens with zero attached hydrogens (tertiary/aromatic N) is 2. The molecular weight excluding hydrogens is 297 g/mol. The van der Waals surface area contributed by atoms with Gasteiger partial charge in [0.05, 0.1) is 29.2 Å². The van der Waals surface area contributed by atoms with Crippen molar-refractivity contribution >= 4 is 21.8 Å². The van der Waals surface area contributed by atoms with Crippen LogP contribution in [0.3, 0.4) is 0 Å². The Morgan fingerprint density at radius 2 is 1.91 bits per heavy atom. The number of methoxy groups -OCH3 is 1. The fraction of sp³-hybridized carbons (Fsp3) is 0.0588. The van der Waals surface area contributed by atoms with E-state index < -0.39 is 0 Å². The smallest absolute Gasteiger partial charge is 0.280 e. The van der Waals surface area contributed by atoms with Crippen molar-refractivity contribution in [2.45, 2.75) is 0 Å². The minimum Gasteiger partial charge on any atom is -0.497 e. The number of ether oxygens (including phenoxy) is 1. The first kappa shape index (κ1) is 13.5. The van der Waals surface area contributed by atoms with E-state index in [-0.39, 0.29) is 11.4 Å². The Morgan fingerprint density at radius 1 is 1.13 bits per heavy atom. The SMILES string of the molecule is COc1ccc(-n2[nH]c3c(cnc4cc(F)ccc43)c2=O)cc1. The van der Waals surface area contributed by atoms with Crippen LogP contribution in [0, 0.1) is 5.82 Å². The van der Waals surface area contributed by atoms with Gasteiger partial charge in [-0.15, -0.1) is 0 Å². The molecule has 0 atom stereocenters. The second kappa shape index (κ2) is 4.95. The number of hydrogen-bond donors (Lipinski definition) is 1. The van der Waals surface area contributed by atoms with Crippen molar-refractivity contribution in [1.82, 2.24) is 14.8 Å². The van der Waals surface area contributed by atoms with Crippen molar-refractivity contribution in [3.05, 3.63) is 64.8 Å². The van der Waals surface area contributed by atoms with Gasteiger partial charge in [0, 0.05) is 17.6 Å². The predicted octanol–water partition coefficient (Wildman–Crippen LogP) is 3.01. The van der Waals surface area contributed by atoms with E-state index in [1.165, 1.54) is 23.0 Å². The quantitative estimate of drug-likeness (QED) is 0.619. The lowest BCUT2D eigenvalue weighted by atomic mass is 10.2. The van der Waals surface area contributed by atoms with Crippen LogP contribution < -0.4 is 10.3 Å². The second-order valence-electron chi connectivity index (χ2n) is 5.16. The monoisotopic (exact) mass is 309 g/mol. The lowest BCUT2D eigenvalue weighted by Crippen LogP contribution is -2.14. The molecule has 0 amide bonds. The zero-order valence-corrected chi connectivity index (χ0v) is 12.2. The Balaban J connectivity index is 1.99. The van der Waals surface area contributed by atoms with Gasteiger partial charge >= 0.3 is 0 Å². The molecule has 0 saturated carbocycles. The number of H-pyrrole nitrogens is 1. The van der Waals surface area contributed by atoms with Crippen molar-refractivity contribution in [1.29, 1.82) is 0 Å². The molecule has 2 aromatic heterocycles. The highest BCUT2D eigenvalue weighted by molar-refractivity contribution is 6.02. The zero-order valence-electron chi connectivity index (χ0n) is 12.2. The summed E-state index contributed by atoms with van der Waals surface area (Å²) >= 11 is 0. The molecule has 1 N–H and O–H groups in total. The molecule has 0 aliphatic rings. The lowest BCUT2D eigenvalue weighted by Gasteiger charge is -2.03. The van der Waals surface area contributed by atoms with E-state index in [0.717, 1.165) is 0 Å². The van der Waals surface area contributed by atoms with Gasteiger partial charge in [-0.3, -0.25) is 14.9 Å². The average molecular weight is 309 g/mol. The summed E-state index contributed by atoms with van der Waals surface area (Å²) in [4.78, 5) is 16.8. The molecule has 6 heteroatoms. The van der Waals surface area contributed by atoms with E-state index in [1.807, 2.05) is 0 Å². The summed E-state index contributed by atoms with van der Waals surface area (Å²) in [5.41, 5.74) is 1.61. The van der Waals surface area contributed by atoms with Crippen LogP contribution in [0.25, 0.3) is 27.5 Å². The summed E-state index contributed by atoms with van der Waals surface area (Å²) in [5.74, 6) is 0.349. The summed E-state index contributed by atoms with van der Waals surface area (Å²) in [6.07, 6.45) is 1.47. The summed E-state index contributed by atoms with van der Waals surface area (Å²) in [6.45, 7) is 0. The Bertz CT molecular complexity index is 1080. The third-order valence-corrected chi connectivity index (χ3v) is 3.82. The Hall–Kier alpha value is -3.15. The molecule has 0 aliphatic heterocycles. The molecule has 2 aromatic carbocycles. The van der Waals surface area contributed by atoms with E-state index >= 15 is 0 Å². The van der Waals surface area contributed by atoms with Gasteiger partial charge in [-0.05, 0) is 36.4 Å². The minimum atomic E-state index is -0.360. The molecule has 0 radical (unpaired) electrons. The number of fused-ring (bicyclic) bond motifs is 3. The predicted molar refractivity (Wildman–Crippen MR) is 85.7 cm³/mol. The van der Waals surface area contributed by atoms with Gasteiger partial charge in [0.15, 0.2) is 0 Å². The number of pyridine rings is 1. The molecular formula is C17H12FN3O2. The van der Waals surface area contributed by atoms with Crippen molar-refractivity contribution in [2.75, 3.05) is 7.11 Å². The van der Waals surface area contributed by atoms with E-state index in [4.69, 9.17) is 4.74 Å². The number of nitrogens with one attached hydrogen (secondary N) is 1. The van der Waals surface area contributed by atoms with Gasteiger partial charge < -0.3 is 4.74 Å². The van der Waals surface area contributed by atoms with E-state index in [2.05, 4.69) is 10.1 Å². The fourth-order valence-corrected chi connectivity index (χ4v) is 2.65. The molecule has 0 unspecified atom stereocenters. The molecule has 114 valence electrons. The number of aromatic amines is 1. The van der Waals surface area contributed by atoms with E-state index in [0.29, 0.717) is 33.2 Å². The Morgan fingerprint density at radius 3 is 2.65 bits per heavy atom. The fourth-order valence-electron chi connectivity index (χ4n) is 2.65. The van der Waals surface area contributed by atoms with Crippen molar-refractivity contribution in [3.8, 4) is 11.4 Å². The number of rotatable bonds is 2. The number of hydrogen-bond acceptors (Lipinski definition) is 3. The van der Waals surface area contributed by atoms with Crippen LogP contribution >= 0.6 is 0 Å². The summed E-state index contributed by atoms with van der Waals surface area (Å²) in [7, 11) is 1.58. The topological polar surface area (TPSA) is 59.9 Å². The van der Waals surface area contributed by atoms with Gasteiger partial charge in [0.2, 0.25) is 0 Å². The first-order valence-electron chi connectivity index (χ1n) is 7.01. The summed E-state index contributed by atoms with van der Waals surface area (Å²) in [5, 5.41) is 4.24. The third-order valence-electron chi connectivity index (χ3n) is 3.82. The maximum Gasteiger partial charge on any atom is 0.280 e. The van der Waals surface area contributed by atoms with Crippen LogP contribution in [0.5, 0.6) is 5.75 Å². The number of halogens is 1. The first-order chi connectivity index (χ1) is 11.2. The highest BCUT2D eigenvalue weighted by Crippen LogP contribution is 2.22. The number of benzene rings is 2. The van der Waals surface area contributed by atoms with Crippen molar-refractivity contribution in [2.24, 2.45) is 0 Å². The van der Waals surface area contributed by atoms with Crippen LogP contribution in [-0.2, 0) is 0 Å². The van der Waals surface area contributed by atoms with Gasteiger partial charge in [-0.25, -0.2) is 9.07 Å². The molecule has 5 nitrogen and oxygen atoms in total. The molecule has 2 heterocycles. The lowest BCUT2D eigenvalue weighted by molar-refractivity contribution is 0.414. The van der Waals surface area contributed by atoms with E-state index in [9.17, 15) is 9.18 Å². The van der Waals surface area contributed by atoms with Crippen LogP contribution in [0.15, 0.2) is 53.5 Å². The Labute approximate surface area is 129 Å². The second-order valence-corrected chi connectivity index (χ2v) is 5.16. The first-order valence-corrected chi connectivity index (χ1v) is 7.01. The van der Waals surface area contributed by atoms with Gasteiger partial charge in [0.1, 0.15) is 11.6 Å². The molecule has 0 bridgehead atoms. The van der Waals surface area contributed by atoms with Crippen molar-refractivity contribution in [3.63, 3.8) is 0 Å². The maximum atomic E-state index is 13.3. The van der Waals surface area contributed by atoms with Crippen LogP contribution in [0.2, 0.25) is 0 Å². The Kier molecular flexibility index (Phi) is 2.90. The molecule has 4 rings (SSSR count). The van der Waals surface area contributed by atoms with E-state index in [1.54, 1.807) is 37.4 Å². The largest absolute Gasteiger partial charge is 0.497 e. The standard InChI is InChI=1S/C17H12FN3O2/c1-23-12-5-3-11(4-6-12)21-17(22)14-9-19-15-8-10(18)2-7-13(15)16(14)20-21/h2-9,20H,1H3. The minimum absolute atomic E-state index is 0.205. The zero-order chi connectivity index (χ0) is 16.0. The summed E-state index contributed by atoms with van der Waals surface area (Å²) < 4.78 is 19.9. The molecule has 0 fully saturated rings. The van der Waals surface area contributed by atoms with Crippen LogP contribution in [0.1, 0.15) is 0 Å². The van der Waals surface area contributed by atoms with Gasteiger partial charge in [-0.1, -0.05) is 0 Å². The van der Waals surface area contributed by atoms with Crippen LogP contribution in [-0.4, -0.2) is 21.9 Å². The average Bonchev–Trinajstić information content (AvgIpc) is 2.92. The molecule has 0 aliphatic carbocycles. The third kappa shape index (κ3) is 2.07. The highest BCUT2D eigenvalue weighted by atomic mass is 19.1. The normalized spacial score (nSPS) is 11.2.